The molecule has 0 spiro atoms. The molecule has 1 heterocycles. The number of benzene rings is 1. The molecule has 1 fully saturated rings. The minimum atomic E-state index is -0.809. The van der Waals surface area contributed by atoms with Gasteiger partial charge >= 0.3 is 5.97 Å². The summed E-state index contributed by atoms with van der Waals surface area (Å²) in [7, 11) is 1.62. The number of pyridine rings is 1. The molecule has 142 valence electrons. The fraction of sp³-hybridized carbons (Fsp3) is 0.381. The summed E-state index contributed by atoms with van der Waals surface area (Å²) >= 11 is 0. The van der Waals surface area contributed by atoms with Gasteiger partial charge in [0.05, 0.1) is 25.3 Å². The van der Waals surface area contributed by atoms with Gasteiger partial charge in [0.15, 0.2) is 0 Å². The van der Waals surface area contributed by atoms with E-state index in [1.165, 1.54) is 0 Å². The number of hydrogen-bond acceptors (Lipinski definition) is 4. The first-order valence-corrected chi connectivity index (χ1v) is 9.11. The lowest BCUT2D eigenvalue weighted by molar-refractivity contribution is -0.141. The van der Waals surface area contributed by atoms with Crippen molar-refractivity contribution < 1.29 is 19.4 Å². The first-order valence-electron chi connectivity index (χ1n) is 9.11. The van der Waals surface area contributed by atoms with Gasteiger partial charge in [-0.2, -0.15) is 0 Å². The van der Waals surface area contributed by atoms with Crippen LogP contribution in [0.1, 0.15) is 30.5 Å². The molecule has 1 amide bonds. The molecule has 3 rings (SSSR count). The first kappa shape index (κ1) is 18.9. The Morgan fingerprint density at radius 3 is 2.44 bits per heavy atom. The van der Waals surface area contributed by atoms with Crippen LogP contribution < -0.4 is 4.74 Å². The maximum atomic E-state index is 13.1. The number of ether oxygens (including phenoxy) is 1. The molecule has 6 heteroatoms. The summed E-state index contributed by atoms with van der Waals surface area (Å²) in [6, 6.07) is 13.2. The fourth-order valence-electron chi connectivity index (χ4n) is 3.54. The van der Waals surface area contributed by atoms with Gasteiger partial charge in [-0.25, -0.2) is 0 Å². The number of carboxylic acid groups (broad SMARTS) is 1. The van der Waals surface area contributed by atoms with Crippen LogP contribution in [0, 0.1) is 11.8 Å². The summed E-state index contributed by atoms with van der Waals surface area (Å²) in [4.78, 5) is 30.5. The van der Waals surface area contributed by atoms with Crippen molar-refractivity contribution in [2.75, 3.05) is 7.11 Å². The Hall–Kier alpha value is -2.89. The molecule has 0 radical (unpaired) electrons. The van der Waals surface area contributed by atoms with Crippen LogP contribution in [0.3, 0.4) is 0 Å². The summed E-state index contributed by atoms with van der Waals surface area (Å²) in [6.45, 7) is 0.855. The Balaban J connectivity index is 1.76. The fourth-order valence-corrected chi connectivity index (χ4v) is 3.54. The SMILES string of the molecule is COc1ccc(CN(Cc2ccccn2)C(=O)[C@H]2CC[C@@H](C(=O)O)C2)cc1. The zero-order chi connectivity index (χ0) is 19.2. The molecule has 1 saturated carbocycles. The molecule has 0 aliphatic heterocycles. The van der Waals surface area contributed by atoms with E-state index in [2.05, 4.69) is 4.98 Å². The van der Waals surface area contributed by atoms with Crippen LogP contribution in [0.4, 0.5) is 0 Å². The van der Waals surface area contributed by atoms with Gasteiger partial charge in [0.2, 0.25) is 5.91 Å². The highest BCUT2D eigenvalue weighted by molar-refractivity contribution is 5.81. The lowest BCUT2D eigenvalue weighted by Crippen LogP contribution is -2.35. The van der Waals surface area contributed by atoms with E-state index >= 15 is 0 Å². The lowest BCUT2D eigenvalue weighted by Gasteiger charge is -2.26. The van der Waals surface area contributed by atoms with Gasteiger partial charge in [0.25, 0.3) is 0 Å². The smallest absolute Gasteiger partial charge is 0.306 e. The number of hydrogen-bond donors (Lipinski definition) is 1. The number of carbonyl (C=O) groups is 2. The predicted molar refractivity (Wildman–Crippen MR) is 100.0 cm³/mol. The summed E-state index contributed by atoms with van der Waals surface area (Å²) in [5, 5.41) is 9.22. The molecule has 0 unspecified atom stereocenters. The quantitative estimate of drug-likeness (QED) is 0.812. The number of carboxylic acids is 1. The van der Waals surface area contributed by atoms with E-state index in [-0.39, 0.29) is 11.8 Å². The monoisotopic (exact) mass is 368 g/mol. The van der Waals surface area contributed by atoms with Gasteiger partial charge in [0.1, 0.15) is 5.75 Å². The number of methoxy groups -OCH3 is 1. The maximum Gasteiger partial charge on any atom is 0.306 e. The Bertz CT molecular complexity index is 777. The van der Waals surface area contributed by atoms with Gasteiger partial charge in [-0.3, -0.25) is 14.6 Å². The first-order chi connectivity index (χ1) is 13.1. The molecule has 6 nitrogen and oxygen atoms in total. The highest BCUT2D eigenvalue weighted by atomic mass is 16.5. The second-order valence-electron chi connectivity index (χ2n) is 6.91. The number of amides is 1. The van der Waals surface area contributed by atoms with E-state index in [1.807, 2.05) is 42.5 Å². The van der Waals surface area contributed by atoms with Gasteiger partial charge in [-0.1, -0.05) is 18.2 Å². The molecule has 1 aliphatic carbocycles. The van der Waals surface area contributed by atoms with Gasteiger partial charge in [-0.15, -0.1) is 0 Å². The van der Waals surface area contributed by atoms with Gasteiger partial charge in [0, 0.05) is 18.7 Å². The van der Waals surface area contributed by atoms with E-state index in [0.717, 1.165) is 17.0 Å². The topological polar surface area (TPSA) is 79.7 Å². The highest BCUT2D eigenvalue weighted by Gasteiger charge is 2.36. The third kappa shape index (κ3) is 4.84. The van der Waals surface area contributed by atoms with Crippen LogP contribution in [0.15, 0.2) is 48.7 Å². The minimum absolute atomic E-state index is 0.000205. The third-order valence-electron chi connectivity index (χ3n) is 5.05. The predicted octanol–water partition coefficient (Wildman–Crippen LogP) is 3.12. The largest absolute Gasteiger partial charge is 0.497 e. The second kappa shape index (κ2) is 8.66. The zero-order valence-electron chi connectivity index (χ0n) is 15.4. The number of aliphatic carboxylic acids is 1. The Kier molecular flexibility index (Phi) is 6.06. The van der Waals surface area contributed by atoms with Crippen LogP contribution in [-0.4, -0.2) is 34.0 Å². The average molecular weight is 368 g/mol. The van der Waals surface area contributed by atoms with Gasteiger partial charge < -0.3 is 14.7 Å². The van der Waals surface area contributed by atoms with Gasteiger partial charge in [-0.05, 0) is 49.1 Å². The Morgan fingerprint density at radius 1 is 1.11 bits per heavy atom. The second-order valence-corrected chi connectivity index (χ2v) is 6.91. The number of nitrogens with zero attached hydrogens (tertiary/aromatic N) is 2. The van der Waals surface area contributed by atoms with E-state index in [4.69, 9.17) is 4.74 Å². The van der Waals surface area contributed by atoms with Crippen LogP contribution in [0.2, 0.25) is 0 Å². The molecule has 1 aromatic heterocycles. The van der Waals surface area contributed by atoms with Crippen molar-refractivity contribution in [1.82, 2.24) is 9.88 Å². The Morgan fingerprint density at radius 2 is 1.85 bits per heavy atom. The van der Waals surface area contributed by atoms with Crippen LogP contribution >= 0.6 is 0 Å². The van der Waals surface area contributed by atoms with E-state index in [0.29, 0.717) is 32.4 Å². The molecular formula is C21H24N2O4. The standard InChI is InChI=1S/C21H24N2O4/c1-27-19-9-5-15(6-10-19)13-23(14-18-4-2-3-11-22-18)20(24)16-7-8-17(12-16)21(25)26/h2-6,9-11,16-17H,7-8,12-14H2,1H3,(H,25,26)/t16-,17+/m0/s1. The molecule has 27 heavy (non-hydrogen) atoms. The van der Waals surface area contributed by atoms with Crippen molar-refractivity contribution in [3.8, 4) is 5.75 Å². The molecule has 0 bridgehead atoms. The summed E-state index contributed by atoms with van der Waals surface area (Å²) in [5.74, 6) is -0.705. The highest BCUT2D eigenvalue weighted by Crippen LogP contribution is 2.33. The minimum Gasteiger partial charge on any atom is -0.497 e. The average Bonchev–Trinajstić information content (AvgIpc) is 3.19. The van der Waals surface area contributed by atoms with Crippen molar-refractivity contribution in [3.63, 3.8) is 0 Å². The van der Waals surface area contributed by atoms with E-state index in [1.54, 1.807) is 18.2 Å². The van der Waals surface area contributed by atoms with Crippen LogP contribution in [-0.2, 0) is 22.7 Å². The molecule has 0 saturated heterocycles. The van der Waals surface area contributed by atoms with Crippen LogP contribution in [0.5, 0.6) is 5.75 Å². The molecule has 1 aromatic carbocycles. The van der Waals surface area contributed by atoms with Crippen molar-refractivity contribution in [2.24, 2.45) is 11.8 Å². The van der Waals surface area contributed by atoms with Crippen LogP contribution in [0.25, 0.3) is 0 Å². The zero-order valence-corrected chi connectivity index (χ0v) is 15.4. The molecule has 2 aromatic rings. The van der Waals surface area contributed by atoms with E-state index in [9.17, 15) is 14.7 Å². The number of aromatic nitrogens is 1. The normalized spacial score (nSPS) is 18.9. The van der Waals surface area contributed by atoms with Crippen molar-refractivity contribution in [1.29, 1.82) is 0 Å². The molecule has 2 atom stereocenters. The molecule has 1 N–H and O–H groups in total. The summed E-state index contributed by atoms with van der Waals surface area (Å²) in [5.41, 5.74) is 1.81. The summed E-state index contributed by atoms with van der Waals surface area (Å²) < 4.78 is 5.19. The molecule has 1 aliphatic rings. The number of carbonyl (C=O) groups excluding carboxylic acids is 1. The molecular weight excluding hydrogens is 344 g/mol. The summed E-state index contributed by atoms with van der Waals surface area (Å²) in [6.07, 6.45) is 3.31. The maximum absolute atomic E-state index is 13.1. The van der Waals surface area contributed by atoms with Crippen molar-refractivity contribution in [3.05, 3.63) is 59.9 Å². The van der Waals surface area contributed by atoms with Crippen molar-refractivity contribution in [2.45, 2.75) is 32.4 Å². The van der Waals surface area contributed by atoms with E-state index < -0.39 is 11.9 Å². The third-order valence-corrected chi connectivity index (χ3v) is 5.05. The lowest BCUT2D eigenvalue weighted by atomic mass is 10.0. The Labute approximate surface area is 158 Å². The number of rotatable bonds is 7. The van der Waals surface area contributed by atoms with Crippen molar-refractivity contribution >= 4 is 11.9 Å².